The van der Waals surface area contributed by atoms with Gasteiger partial charge in [-0.15, -0.1) is 0 Å². The largest absolute Gasteiger partial charge is 0.504 e. The predicted octanol–water partition coefficient (Wildman–Crippen LogP) is 4.55. The number of carbonyl (C=O) groups is 1. The zero-order valence-corrected chi connectivity index (χ0v) is 25.6. The third-order valence-corrected chi connectivity index (χ3v) is 11.0. The Hall–Kier alpha value is -3.79. The minimum Gasteiger partial charge on any atom is -0.504 e. The molecule has 2 bridgehead atoms. The molecular formula is C37H41N3O3. The first-order valence-corrected chi connectivity index (χ1v) is 15.6. The fourth-order valence-electron chi connectivity index (χ4n) is 9.19. The average molecular weight is 576 g/mol. The SMILES string of the molecule is Cc1cccc(C#CC(=O)N(C)[C@@H]2CC[C@@]3(N(C)C)[C@H]4Cc5ccc(O)c6c5[C@@]3(CCN4CCc3ccccc3)[C@H]2O6)c1. The second-order valence-electron chi connectivity index (χ2n) is 13.2. The molecule has 6 heteroatoms. The van der Waals surface area contributed by atoms with Crippen LogP contribution in [-0.2, 0) is 23.1 Å². The second kappa shape index (κ2) is 10.4. The summed E-state index contributed by atoms with van der Waals surface area (Å²) < 4.78 is 6.87. The number of likely N-dealkylation sites (tertiary alicyclic amines) is 1. The summed E-state index contributed by atoms with van der Waals surface area (Å²) in [5, 5.41) is 11.1. The van der Waals surface area contributed by atoms with E-state index in [1.54, 1.807) is 6.07 Å². The molecule has 1 saturated carbocycles. The number of amides is 1. The number of nitrogens with zero attached hydrogens (tertiary/aromatic N) is 3. The van der Waals surface area contributed by atoms with Gasteiger partial charge in [-0.1, -0.05) is 54.5 Å². The highest BCUT2D eigenvalue weighted by molar-refractivity contribution is 5.94. The number of aryl methyl sites for hydroxylation is 1. The van der Waals surface area contributed by atoms with Crippen LogP contribution in [0.1, 0.15) is 47.1 Å². The Morgan fingerprint density at radius 1 is 1.07 bits per heavy atom. The third kappa shape index (κ3) is 4.12. The standard InChI is InChI=1S/C37H41N3O3/c1-25-9-8-12-27(23-25)13-16-32(42)39(4)29-17-19-37(38(2)3)31-24-28-14-15-30(41)34-33(28)36(37,35(29)43-34)20-22-40(31)21-18-26-10-6-5-7-11-26/h5-12,14-15,23,29,31,35,41H,17-22,24H2,1-4H3/t29-,31-,35+,36+,37-/m1/s1. The Kier molecular flexibility index (Phi) is 6.80. The molecule has 4 aliphatic rings. The average Bonchev–Trinajstić information content (AvgIpc) is 3.36. The van der Waals surface area contributed by atoms with E-state index in [1.165, 1.54) is 16.7 Å². The number of aromatic hydroxyl groups is 1. The van der Waals surface area contributed by atoms with Crippen molar-refractivity contribution in [3.63, 3.8) is 0 Å². The summed E-state index contributed by atoms with van der Waals surface area (Å²) >= 11 is 0. The van der Waals surface area contributed by atoms with Gasteiger partial charge in [0.05, 0.1) is 11.5 Å². The quantitative estimate of drug-likeness (QED) is 0.453. The molecule has 2 fully saturated rings. The zero-order valence-electron chi connectivity index (χ0n) is 25.6. The molecule has 3 aromatic rings. The lowest BCUT2D eigenvalue weighted by Crippen LogP contribution is -2.82. The first-order valence-electron chi connectivity index (χ1n) is 15.6. The molecule has 1 spiro atoms. The van der Waals surface area contributed by atoms with Crippen LogP contribution in [0.3, 0.4) is 0 Å². The summed E-state index contributed by atoms with van der Waals surface area (Å²) in [7, 11) is 6.32. The number of ether oxygens (including phenoxy) is 1. The van der Waals surface area contributed by atoms with Crippen LogP contribution in [0, 0.1) is 18.8 Å². The molecule has 6 nitrogen and oxygen atoms in total. The van der Waals surface area contributed by atoms with E-state index in [-0.39, 0.29) is 34.8 Å². The lowest BCUT2D eigenvalue weighted by molar-refractivity contribution is -0.159. The summed E-state index contributed by atoms with van der Waals surface area (Å²) in [4.78, 5) is 20.6. The number of benzene rings is 3. The number of hydrogen-bond donors (Lipinski definition) is 1. The van der Waals surface area contributed by atoms with Crippen LogP contribution in [0.25, 0.3) is 0 Å². The molecule has 0 unspecified atom stereocenters. The van der Waals surface area contributed by atoms with Crippen molar-refractivity contribution in [1.82, 2.24) is 14.7 Å². The van der Waals surface area contributed by atoms with Gasteiger partial charge >= 0.3 is 0 Å². The maximum atomic E-state index is 13.6. The monoisotopic (exact) mass is 575 g/mol. The van der Waals surface area contributed by atoms with Crippen LogP contribution in [0.4, 0.5) is 0 Å². The van der Waals surface area contributed by atoms with Crippen LogP contribution in [0.5, 0.6) is 11.5 Å². The Bertz CT molecular complexity index is 1620. The van der Waals surface area contributed by atoms with E-state index >= 15 is 0 Å². The van der Waals surface area contributed by atoms with Gasteiger partial charge in [0.25, 0.3) is 5.91 Å². The molecule has 1 saturated heterocycles. The van der Waals surface area contributed by atoms with Crippen molar-refractivity contribution in [2.45, 2.75) is 68.2 Å². The number of likely N-dealkylation sites (N-methyl/N-ethyl adjacent to an activating group) is 2. The van der Waals surface area contributed by atoms with E-state index in [4.69, 9.17) is 4.74 Å². The van der Waals surface area contributed by atoms with Crippen molar-refractivity contribution >= 4 is 5.91 Å². The second-order valence-corrected chi connectivity index (χ2v) is 13.2. The van der Waals surface area contributed by atoms with Gasteiger partial charge in [-0.2, -0.15) is 0 Å². The number of hydrogen-bond acceptors (Lipinski definition) is 5. The van der Waals surface area contributed by atoms with Gasteiger partial charge in [0.1, 0.15) is 6.10 Å². The van der Waals surface area contributed by atoms with E-state index < -0.39 is 0 Å². The van der Waals surface area contributed by atoms with Crippen molar-refractivity contribution in [2.24, 2.45) is 0 Å². The molecule has 43 heavy (non-hydrogen) atoms. The van der Waals surface area contributed by atoms with Gasteiger partial charge in [-0.25, -0.2) is 0 Å². The first kappa shape index (κ1) is 28.0. The summed E-state index contributed by atoms with van der Waals surface area (Å²) in [6, 6.07) is 22.8. The van der Waals surface area contributed by atoms with Crippen molar-refractivity contribution in [2.75, 3.05) is 34.2 Å². The van der Waals surface area contributed by atoms with E-state index in [9.17, 15) is 9.90 Å². The molecule has 0 radical (unpaired) electrons. The van der Waals surface area contributed by atoms with Gasteiger partial charge < -0.3 is 19.6 Å². The highest BCUT2D eigenvalue weighted by Crippen LogP contribution is 2.67. The number of rotatable bonds is 5. The summed E-state index contributed by atoms with van der Waals surface area (Å²) in [6.45, 7) is 3.99. The van der Waals surface area contributed by atoms with Crippen LogP contribution >= 0.6 is 0 Å². The van der Waals surface area contributed by atoms with E-state index in [0.717, 1.165) is 56.3 Å². The molecule has 222 valence electrons. The number of carbonyl (C=O) groups excluding carboxylic acids is 1. The molecule has 1 amide bonds. The summed E-state index contributed by atoms with van der Waals surface area (Å²) in [6.07, 6.45) is 4.34. The van der Waals surface area contributed by atoms with Crippen molar-refractivity contribution < 1.29 is 14.6 Å². The maximum absolute atomic E-state index is 13.6. The van der Waals surface area contributed by atoms with Gasteiger partial charge in [0.2, 0.25) is 0 Å². The molecule has 2 heterocycles. The highest BCUT2D eigenvalue weighted by atomic mass is 16.5. The number of phenols is 1. The first-order chi connectivity index (χ1) is 20.8. The van der Waals surface area contributed by atoms with Gasteiger partial charge in [-0.3, -0.25) is 9.69 Å². The van der Waals surface area contributed by atoms with Gasteiger partial charge in [0, 0.05) is 42.2 Å². The molecule has 7 rings (SSSR count). The Balaban J connectivity index is 1.27. The van der Waals surface area contributed by atoms with E-state index in [0.29, 0.717) is 11.8 Å². The topological polar surface area (TPSA) is 56.2 Å². The van der Waals surface area contributed by atoms with Gasteiger partial charge in [0.15, 0.2) is 11.5 Å². The molecule has 0 aromatic heterocycles. The number of phenolic OH excluding ortho intramolecular Hbond substituents is 1. The highest BCUT2D eigenvalue weighted by Gasteiger charge is 2.74. The maximum Gasteiger partial charge on any atom is 0.298 e. The van der Waals surface area contributed by atoms with Crippen molar-refractivity contribution in [3.8, 4) is 23.3 Å². The fraction of sp³-hybridized carbons (Fsp3) is 0.432. The van der Waals surface area contributed by atoms with Crippen LogP contribution in [0.15, 0.2) is 66.7 Å². The van der Waals surface area contributed by atoms with E-state index in [1.807, 2.05) is 43.1 Å². The third-order valence-electron chi connectivity index (χ3n) is 11.0. The molecule has 3 aromatic carbocycles. The predicted molar refractivity (Wildman–Crippen MR) is 168 cm³/mol. The smallest absolute Gasteiger partial charge is 0.298 e. The van der Waals surface area contributed by atoms with E-state index in [2.05, 4.69) is 72.1 Å². The molecule has 1 N–H and O–H groups in total. The Labute approximate surface area is 255 Å². The summed E-state index contributed by atoms with van der Waals surface area (Å²) in [5.41, 5.74) is 5.25. The molecule has 5 atom stereocenters. The normalized spacial score (nSPS) is 28.4. The Morgan fingerprint density at radius 3 is 2.65 bits per heavy atom. The Morgan fingerprint density at radius 2 is 1.88 bits per heavy atom. The van der Waals surface area contributed by atoms with Crippen LogP contribution in [-0.4, -0.2) is 83.7 Å². The fourth-order valence-corrected chi connectivity index (χ4v) is 9.19. The van der Waals surface area contributed by atoms with Crippen LogP contribution in [0.2, 0.25) is 0 Å². The lowest BCUT2D eigenvalue weighted by atomic mass is 9.46. The lowest BCUT2D eigenvalue weighted by Gasteiger charge is -2.69. The number of piperidine rings is 1. The minimum atomic E-state index is -0.340. The zero-order chi connectivity index (χ0) is 29.9. The summed E-state index contributed by atoms with van der Waals surface area (Å²) in [5.74, 6) is 6.63. The molecule has 2 aliphatic carbocycles. The van der Waals surface area contributed by atoms with Crippen molar-refractivity contribution in [3.05, 3.63) is 94.5 Å². The molecule has 2 aliphatic heterocycles. The molecular weight excluding hydrogens is 534 g/mol. The van der Waals surface area contributed by atoms with Crippen molar-refractivity contribution in [1.29, 1.82) is 0 Å². The minimum absolute atomic E-state index is 0.151. The van der Waals surface area contributed by atoms with Gasteiger partial charge in [-0.05, 0) is 94.6 Å². The van der Waals surface area contributed by atoms with Crippen LogP contribution < -0.4 is 4.74 Å².